The van der Waals surface area contributed by atoms with Crippen LogP contribution in [0.4, 0.5) is 5.69 Å². The molecular weight excluding hydrogens is 192 g/mol. The molecule has 84 valence electrons. The van der Waals surface area contributed by atoms with Crippen molar-refractivity contribution in [1.29, 1.82) is 0 Å². The molecule has 15 heavy (non-hydrogen) atoms. The lowest BCUT2D eigenvalue weighted by Crippen LogP contribution is -2.25. The number of pyridine rings is 1. The van der Waals surface area contributed by atoms with Crippen molar-refractivity contribution >= 4 is 5.69 Å². The van der Waals surface area contributed by atoms with Crippen molar-refractivity contribution in [3.05, 3.63) is 24.0 Å². The van der Waals surface area contributed by atoms with Crippen molar-refractivity contribution in [2.24, 2.45) is 0 Å². The third-order valence-corrected chi connectivity index (χ3v) is 2.36. The number of hydrogen-bond donors (Lipinski definition) is 2. The fourth-order valence-corrected chi connectivity index (χ4v) is 1.56. The topological polar surface area (TPSA) is 56.6 Å². The molecule has 0 saturated heterocycles. The number of aromatic nitrogens is 1. The molecule has 0 amide bonds. The van der Waals surface area contributed by atoms with E-state index in [1.165, 1.54) is 0 Å². The molecule has 0 unspecified atom stereocenters. The minimum Gasteiger partial charge on any atom is -0.396 e. The van der Waals surface area contributed by atoms with Gasteiger partial charge in [-0.15, -0.1) is 0 Å². The minimum atomic E-state index is -0.00119. The van der Waals surface area contributed by atoms with E-state index in [2.05, 4.69) is 16.8 Å². The second-order valence-electron chi connectivity index (χ2n) is 3.32. The molecule has 0 aliphatic carbocycles. The van der Waals surface area contributed by atoms with E-state index in [0.29, 0.717) is 0 Å². The maximum absolute atomic E-state index is 9.17. The number of nitrogens with zero attached hydrogens (tertiary/aromatic N) is 2. The lowest BCUT2D eigenvalue weighted by atomic mass is 10.2. The van der Waals surface area contributed by atoms with Crippen LogP contribution in [0.25, 0.3) is 0 Å². The van der Waals surface area contributed by atoms with Gasteiger partial charge < -0.3 is 15.1 Å². The number of hydrogen-bond acceptors (Lipinski definition) is 4. The summed E-state index contributed by atoms with van der Waals surface area (Å²) in [4.78, 5) is 6.11. The molecular formula is C11H18N2O2. The van der Waals surface area contributed by atoms with Crippen LogP contribution in [0.5, 0.6) is 0 Å². The van der Waals surface area contributed by atoms with Gasteiger partial charge in [-0.3, -0.25) is 4.98 Å². The van der Waals surface area contributed by atoms with E-state index in [0.717, 1.165) is 30.8 Å². The van der Waals surface area contributed by atoms with Gasteiger partial charge in [0, 0.05) is 43.3 Å². The van der Waals surface area contributed by atoms with Gasteiger partial charge in [-0.2, -0.15) is 0 Å². The van der Waals surface area contributed by atoms with Crippen LogP contribution in [0.3, 0.4) is 0 Å². The Morgan fingerprint density at radius 3 is 2.80 bits per heavy atom. The van der Waals surface area contributed by atoms with E-state index in [-0.39, 0.29) is 13.2 Å². The third-order valence-electron chi connectivity index (χ3n) is 2.36. The van der Waals surface area contributed by atoms with Crippen LogP contribution in [-0.2, 0) is 6.61 Å². The van der Waals surface area contributed by atoms with Crippen LogP contribution in [0, 0.1) is 0 Å². The SMILES string of the molecule is CCN(CCCO)c1ccncc1CO. The van der Waals surface area contributed by atoms with Gasteiger partial charge in [0.2, 0.25) is 0 Å². The van der Waals surface area contributed by atoms with Crippen molar-refractivity contribution in [2.75, 3.05) is 24.6 Å². The molecule has 0 spiro atoms. The van der Waals surface area contributed by atoms with Crippen LogP contribution in [0.15, 0.2) is 18.5 Å². The second kappa shape index (κ2) is 6.37. The predicted octanol–water partition coefficient (Wildman–Crippen LogP) is 0.783. The zero-order valence-electron chi connectivity index (χ0n) is 9.06. The first kappa shape index (κ1) is 11.9. The maximum Gasteiger partial charge on any atom is 0.0717 e. The maximum atomic E-state index is 9.17. The number of aliphatic hydroxyl groups is 2. The van der Waals surface area contributed by atoms with E-state index in [9.17, 15) is 5.11 Å². The molecule has 2 N–H and O–H groups in total. The van der Waals surface area contributed by atoms with Gasteiger partial charge in [-0.05, 0) is 19.4 Å². The van der Waals surface area contributed by atoms with E-state index in [1.54, 1.807) is 12.4 Å². The molecule has 0 fully saturated rings. The van der Waals surface area contributed by atoms with Gasteiger partial charge >= 0.3 is 0 Å². The zero-order chi connectivity index (χ0) is 11.1. The fourth-order valence-electron chi connectivity index (χ4n) is 1.56. The van der Waals surface area contributed by atoms with Gasteiger partial charge in [0.05, 0.1) is 6.61 Å². The van der Waals surface area contributed by atoms with Crippen molar-refractivity contribution in [1.82, 2.24) is 4.98 Å². The summed E-state index contributed by atoms with van der Waals surface area (Å²) in [7, 11) is 0. The average Bonchev–Trinajstić information content (AvgIpc) is 2.30. The van der Waals surface area contributed by atoms with E-state index in [1.807, 2.05) is 6.07 Å². The summed E-state index contributed by atoms with van der Waals surface area (Å²) < 4.78 is 0. The highest BCUT2D eigenvalue weighted by Crippen LogP contribution is 2.19. The van der Waals surface area contributed by atoms with Crippen molar-refractivity contribution in [3.63, 3.8) is 0 Å². The largest absolute Gasteiger partial charge is 0.396 e. The fraction of sp³-hybridized carbons (Fsp3) is 0.545. The molecule has 0 aromatic carbocycles. The normalized spacial score (nSPS) is 10.3. The molecule has 4 heteroatoms. The van der Waals surface area contributed by atoms with Crippen LogP contribution in [0.1, 0.15) is 18.9 Å². The number of aliphatic hydroxyl groups excluding tert-OH is 2. The van der Waals surface area contributed by atoms with E-state index in [4.69, 9.17) is 5.11 Å². The quantitative estimate of drug-likeness (QED) is 0.728. The standard InChI is InChI=1S/C11H18N2O2/c1-2-13(6-3-7-14)11-4-5-12-8-10(11)9-15/h4-5,8,14-15H,2-3,6-7,9H2,1H3. The van der Waals surface area contributed by atoms with Crippen molar-refractivity contribution < 1.29 is 10.2 Å². The first-order valence-electron chi connectivity index (χ1n) is 5.23. The Bertz CT molecular complexity index is 292. The Balaban J connectivity index is 2.80. The Morgan fingerprint density at radius 1 is 1.40 bits per heavy atom. The molecule has 1 aromatic heterocycles. The zero-order valence-corrected chi connectivity index (χ0v) is 9.06. The molecule has 0 aliphatic rings. The Hall–Kier alpha value is -1.13. The van der Waals surface area contributed by atoms with Crippen LogP contribution in [-0.4, -0.2) is 34.9 Å². The highest BCUT2D eigenvalue weighted by Gasteiger charge is 2.08. The second-order valence-corrected chi connectivity index (χ2v) is 3.32. The summed E-state index contributed by atoms with van der Waals surface area (Å²) >= 11 is 0. The van der Waals surface area contributed by atoms with E-state index < -0.39 is 0 Å². The van der Waals surface area contributed by atoms with Gasteiger partial charge in [0.15, 0.2) is 0 Å². The van der Waals surface area contributed by atoms with Crippen LogP contribution in [0.2, 0.25) is 0 Å². The van der Waals surface area contributed by atoms with Gasteiger partial charge in [0.25, 0.3) is 0 Å². The monoisotopic (exact) mass is 210 g/mol. The molecule has 4 nitrogen and oxygen atoms in total. The third kappa shape index (κ3) is 3.18. The molecule has 0 bridgehead atoms. The lowest BCUT2D eigenvalue weighted by molar-refractivity contribution is 0.280. The number of rotatable bonds is 6. The lowest BCUT2D eigenvalue weighted by Gasteiger charge is -2.24. The summed E-state index contributed by atoms with van der Waals surface area (Å²) in [5.41, 5.74) is 1.83. The average molecular weight is 210 g/mol. The van der Waals surface area contributed by atoms with Gasteiger partial charge in [-0.1, -0.05) is 0 Å². The molecule has 1 aromatic rings. The summed E-state index contributed by atoms with van der Waals surface area (Å²) in [6, 6.07) is 1.90. The van der Waals surface area contributed by atoms with Crippen LogP contribution >= 0.6 is 0 Å². The molecule has 0 atom stereocenters. The summed E-state index contributed by atoms with van der Waals surface area (Å²) in [5, 5.41) is 18.0. The Morgan fingerprint density at radius 2 is 2.20 bits per heavy atom. The van der Waals surface area contributed by atoms with Crippen molar-refractivity contribution in [2.45, 2.75) is 20.0 Å². The van der Waals surface area contributed by atoms with Crippen LogP contribution < -0.4 is 4.90 Å². The Kier molecular flexibility index (Phi) is 5.07. The predicted molar refractivity (Wildman–Crippen MR) is 59.7 cm³/mol. The first-order chi connectivity index (χ1) is 7.33. The van der Waals surface area contributed by atoms with Gasteiger partial charge in [0.1, 0.15) is 0 Å². The highest BCUT2D eigenvalue weighted by atomic mass is 16.3. The molecule has 0 radical (unpaired) electrons. The summed E-state index contributed by atoms with van der Waals surface area (Å²) in [5.74, 6) is 0. The van der Waals surface area contributed by atoms with Gasteiger partial charge in [-0.25, -0.2) is 0 Å². The summed E-state index contributed by atoms with van der Waals surface area (Å²) in [6.45, 7) is 3.90. The minimum absolute atomic E-state index is 0.00119. The molecule has 0 saturated carbocycles. The molecule has 0 aliphatic heterocycles. The first-order valence-corrected chi connectivity index (χ1v) is 5.23. The van der Waals surface area contributed by atoms with Crippen molar-refractivity contribution in [3.8, 4) is 0 Å². The number of anilines is 1. The van der Waals surface area contributed by atoms with E-state index >= 15 is 0 Å². The molecule has 1 heterocycles. The Labute approximate surface area is 90.2 Å². The highest BCUT2D eigenvalue weighted by molar-refractivity contribution is 5.51. The molecule has 1 rings (SSSR count). The summed E-state index contributed by atoms with van der Waals surface area (Å²) in [6.07, 6.45) is 4.13. The smallest absolute Gasteiger partial charge is 0.0717 e.